The van der Waals surface area contributed by atoms with E-state index in [9.17, 15) is 4.39 Å². The van der Waals surface area contributed by atoms with Gasteiger partial charge in [-0.3, -0.25) is 10.00 Å². The Bertz CT molecular complexity index is 558. The van der Waals surface area contributed by atoms with E-state index in [1.807, 2.05) is 0 Å². The Morgan fingerprint density at radius 1 is 1.38 bits per heavy atom. The Morgan fingerprint density at radius 2 is 2.33 bits per heavy atom. The largest absolute Gasteiger partial charge is 0.492 e. The smallest absolute Gasteiger partial charge is 0.126 e. The minimum Gasteiger partial charge on any atom is -0.492 e. The molecule has 3 rings (SSSR count). The van der Waals surface area contributed by atoms with Gasteiger partial charge < -0.3 is 4.74 Å². The normalized spacial score (nSPS) is 19.6. The van der Waals surface area contributed by atoms with Gasteiger partial charge in [-0.15, -0.1) is 0 Å². The van der Waals surface area contributed by atoms with Crippen LogP contribution < -0.4 is 4.74 Å². The SMILES string of the molecule is Fc1cccc(OCCN2CCCC(c3ccn[nH]3)C2)c1. The number of H-pyrrole nitrogens is 1. The van der Waals surface area contributed by atoms with Gasteiger partial charge in [0.25, 0.3) is 0 Å². The summed E-state index contributed by atoms with van der Waals surface area (Å²) in [4.78, 5) is 2.40. The van der Waals surface area contributed by atoms with Crippen LogP contribution in [0.2, 0.25) is 0 Å². The average Bonchev–Trinajstić information content (AvgIpc) is 3.02. The molecule has 5 heteroatoms. The molecular weight excluding hydrogens is 269 g/mol. The number of hydrogen-bond acceptors (Lipinski definition) is 3. The van der Waals surface area contributed by atoms with Crippen molar-refractivity contribution in [1.29, 1.82) is 0 Å². The summed E-state index contributed by atoms with van der Waals surface area (Å²) >= 11 is 0. The molecule has 1 saturated heterocycles. The highest BCUT2D eigenvalue weighted by molar-refractivity contribution is 5.22. The van der Waals surface area contributed by atoms with Crippen LogP contribution in [0.15, 0.2) is 36.5 Å². The Labute approximate surface area is 123 Å². The zero-order valence-electron chi connectivity index (χ0n) is 12.0. The lowest BCUT2D eigenvalue weighted by atomic mass is 9.95. The van der Waals surface area contributed by atoms with Crippen LogP contribution in [0.25, 0.3) is 0 Å². The highest BCUT2D eigenvalue weighted by Crippen LogP contribution is 2.25. The monoisotopic (exact) mass is 289 g/mol. The van der Waals surface area contributed by atoms with Crippen molar-refractivity contribution >= 4 is 0 Å². The van der Waals surface area contributed by atoms with Crippen LogP contribution in [0.4, 0.5) is 4.39 Å². The van der Waals surface area contributed by atoms with Crippen molar-refractivity contribution in [2.75, 3.05) is 26.2 Å². The summed E-state index contributed by atoms with van der Waals surface area (Å²) in [7, 11) is 0. The summed E-state index contributed by atoms with van der Waals surface area (Å²) in [5.41, 5.74) is 1.21. The quantitative estimate of drug-likeness (QED) is 0.920. The van der Waals surface area contributed by atoms with E-state index < -0.39 is 0 Å². The number of ether oxygens (including phenoxy) is 1. The molecule has 1 aliphatic rings. The summed E-state index contributed by atoms with van der Waals surface area (Å²) in [5.74, 6) is 0.859. The fraction of sp³-hybridized carbons (Fsp3) is 0.438. The zero-order valence-corrected chi connectivity index (χ0v) is 12.0. The highest BCUT2D eigenvalue weighted by Gasteiger charge is 2.21. The molecule has 0 spiro atoms. The number of nitrogens with zero attached hydrogens (tertiary/aromatic N) is 2. The van der Waals surface area contributed by atoms with Gasteiger partial charge in [0.2, 0.25) is 0 Å². The molecule has 4 nitrogen and oxygen atoms in total. The Kier molecular flexibility index (Phi) is 4.50. The van der Waals surface area contributed by atoms with Crippen LogP contribution in [-0.4, -0.2) is 41.3 Å². The number of aromatic amines is 1. The second-order valence-corrected chi connectivity index (χ2v) is 5.46. The number of rotatable bonds is 5. The maximum Gasteiger partial charge on any atom is 0.126 e. The first-order chi connectivity index (χ1) is 10.3. The Balaban J connectivity index is 1.47. The van der Waals surface area contributed by atoms with Gasteiger partial charge >= 0.3 is 0 Å². The molecule has 0 saturated carbocycles. The van der Waals surface area contributed by atoms with Crippen molar-refractivity contribution in [3.8, 4) is 5.75 Å². The van der Waals surface area contributed by atoms with Crippen LogP contribution in [0.5, 0.6) is 5.75 Å². The molecule has 2 aromatic rings. The third-order valence-electron chi connectivity index (χ3n) is 3.94. The highest BCUT2D eigenvalue weighted by atomic mass is 19.1. The number of benzene rings is 1. The number of halogens is 1. The Hall–Kier alpha value is -1.88. The molecule has 1 aliphatic heterocycles. The fourth-order valence-electron chi connectivity index (χ4n) is 2.86. The maximum atomic E-state index is 13.1. The second-order valence-electron chi connectivity index (χ2n) is 5.46. The van der Waals surface area contributed by atoms with Gasteiger partial charge in [0.1, 0.15) is 18.2 Å². The van der Waals surface area contributed by atoms with E-state index in [4.69, 9.17) is 4.74 Å². The fourth-order valence-corrected chi connectivity index (χ4v) is 2.86. The minimum atomic E-state index is -0.259. The molecule has 1 aromatic carbocycles. The lowest BCUT2D eigenvalue weighted by Gasteiger charge is -2.32. The van der Waals surface area contributed by atoms with Crippen molar-refractivity contribution in [3.63, 3.8) is 0 Å². The van der Waals surface area contributed by atoms with Crippen molar-refractivity contribution in [1.82, 2.24) is 15.1 Å². The molecule has 2 heterocycles. The molecule has 0 bridgehead atoms. The van der Waals surface area contributed by atoms with Crippen LogP contribution in [0.1, 0.15) is 24.5 Å². The Morgan fingerprint density at radius 3 is 3.14 bits per heavy atom. The summed E-state index contributed by atoms with van der Waals surface area (Å²) in [6.45, 7) is 3.56. The van der Waals surface area contributed by atoms with Crippen LogP contribution >= 0.6 is 0 Å². The van der Waals surface area contributed by atoms with E-state index in [1.165, 1.54) is 30.7 Å². The number of likely N-dealkylation sites (tertiary alicyclic amines) is 1. The average molecular weight is 289 g/mol. The minimum absolute atomic E-state index is 0.259. The van der Waals surface area contributed by atoms with E-state index >= 15 is 0 Å². The number of piperidine rings is 1. The predicted octanol–water partition coefficient (Wildman–Crippen LogP) is 2.81. The van der Waals surface area contributed by atoms with E-state index in [0.29, 0.717) is 18.3 Å². The molecule has 1 aromatic heterocycles. The zero-order chi connectivity index (χ0) is 14.5. The third kappa shape index (κ3) is 3.82. The molecule has 112 valence electrons. The second kappa shape index (κ2) is 6.72. The lowest BCUT2D eigenvalue weighted by Crippen LogP contribution is -2.37. The van der Waals surface area contributed by atoms with E-state index in [-0.39, 0.29) is 5.82 Å². The molecule has 0 aliphatic carbocycles. The van der Waals surface area contributed by atoms with Crippen LogP contribution in [0.3, 0.4) is 0 Å². The van der Waals surface area contributed by atoms with Crippen molar-refractivity contribution in [3.05, 3.63) is 48.0 Å². The molecule has 0 radical (unpaired) electrons. The summed E-state index contributed by atoms with van der Waals surface area (Å²) in [6.07, 6.45) is 4.19. The predicted molar refractivity (Wildman–Crippen MR) is 78.9 cm³/mol. The van der Waals surface area contributed by atoms with Crippen molar-refractivity contribution < 1.29 is 9.13 Å². The topological polar surface area (TPSA) is 41.1 Å². The van der Waals surface area contributed by atoms with Gasteiger partial charge in [0, 0.05) is 37.0 Å². The summed E-state index contributed by atoms with van der Waals surface area (Å²) < 4.78 is 18.7. The standard InChI is InChI=1S/C16H20FN3O/c17-14-4-1-5-15(11-14)21-10-9-20-8-2-3-13(12-20)16-6-7-18-19-16/h1,4-7,11,13H,2-3,8-10,12H2,(H,18,19). The maximum absolute atomic E-state index is 13.1. The number of nitrogens with one attached hydrogen (secondary N) is 1. The molecule has 1 atom stereocenters. The first-order valence-corrected chi connectivity index (χ1v) is 7.41. The first kappa shape index (κ1) is 14.1. The van der Waals surface area contributed by atoms with Crippen LogP contribution in [0, 0.1) is 5.82 Å². The third-order valence-corrected chi connectivity index (χ3v) is 3.94. The van der Waals surface area contributed by atoms with E-state index in [2.05, 4.69) is 21.2 Å². The summed E-state index contributed by atoms with van der Waals surface area (Å²) in [5, 5.41) is 7.09. The lowest BCUT2D eigenvalue weighted by molar-refractivity contribution is 0.169. The summed E-state index contributed by atoms with van der Waals surface area (Å²) in [6, 6.07) is 8.35. The van der Waals surface area contributed by atoms with E-state index in [1.54, 1.807) is 18.3 Å². The molecule has 1 N–H and O–H groups in total. The van der Waals surface area contributed by atoms with Crippen molar-refractivity contribution in [2.24, 2.45) is 0 Å². The number of hydrogen-bond donors (Lipinski definition) is 1. The van der Waals surface area contributed by atoms with Gasteiger partial charge in [-0.25, -0.2) is 4.39 Å². The molecule has 0 amide bonds. The van der Waals surface area contributed by atoms with Gasteiger partial charge in [0.05, 0.1) is 0 Å². The van der Waals surface area contributed by atoms with Gasteiger partial charge in [-0.2, -0.15) is 5.10 Å². The van der Waals surface area contributed by atoms with Crippen LogP contribution in [-0.2, 0) is 0 Å². The van der Waals surface area contributed by atoms with Crippen molar-refractivity contribution in [2.45, 2.75) is 18.8 Å². The molecule has 1 unspecified atom stereocenters. The molecular formula is C16H20FN3O. The molecule has 1 fully saturated rings. The van der Waals surface area contributed by atoms with Gasteiger partial charge in [-0.1, -0.05) is 6.07 Å². The van der Waals surface area contributed by atoms with Gasteiger partial charge in [0.15, 0.2) is 0 Å². The van der Waals surface area contributed by atoms with E-state index in [0.717, 1.165) is 19.6 Å². The number of aromatic nitrogens is 2. The van der Waals surface area contributed by atoms with Gasteiger partial charge in [-0.05, 0) is 37.6 Å². The first-order valence-electron chi connectivity index (χ1n) is 7.41. The molecule has 21 heavy (non-hydrogen) atoms.